The largest absolute Gasteiger partial charge is 0.458 e. The fourth-order valence-corrected chi connectivity index (χ4v) is 10.6. The van der Waals surface area contributed by atoms with Crippen molar-refractivity contribution < 1.29 is 62.1 Å². The van der Waals surface area contributed by atoms with Gasteiger partial charge in [-0.25, -0.2) is 14.8 Å². The van der Waals surface area contributed by atoms with Crippen LogP contribution in [0.3, 0.4) is 0 Å². The first-order valence-corrected chi connectivity index (χ1v) is 25.2. The number of nitrogens with zero attached hydrogens (tertiary/aromatic N) is 2. The van der Waals surface area contributed by atoms with Crippen molar-refractivity contribution in [2.75, 3.05) is 14.2 Å². The van der Waals surface area contributed by atoms with E-state index in [0.717, 1.165) is 16.7 Å². The van der Waals surface area contributed by atoms with E-state index in [0.29, 0.717) is 75.1 Å². The maximum absolute atomic E-state index is 13.6. The van der Waals surface area contributed by atoms with Gasteiger partial charge in [0.15, 0.2) is 11.7 Å². The Hall–Kier alpha value is -3.81. The minimum Gasteiger partial charge on any atom is -0.458 e. The minimum absolute atomic E-state index is 0.0830. The monoisotopic (exact) mass is 1020 g/mol. The van der Waals surface area contributed by atoms with Gasteiger partial charge in [0.05, 0.1) is 67.5 Å². The van der Waals surface area contributed by atoms with Crippen LogP contribution in [0.1, 0.15) is 121 Å². The molecule has 0 spiro atoms. The average molecular weight is 1020 g/mol. The molecule has 3 N–H and O–H groups in total. The second-order valence-electron chi connectivity index (χ2n) is 19.5. The third-order valence-electron chi connectivity index (χ3n) is 13.9. The van der Waals surface area contributed by atoms with Crippen LogP contribution in [-0.2, 0) is 44.4 Å². The fraction of sp³-hybridized carbons (Fsp3) is 0.604. The Balaban J connectivity index is 1.06. The van der Waals surface area contributed by atoms with Gasteiger partial charge in [-0.2, -0.15) is 0 Å². The molecule has 0 saturated carbocycles. The van der Waals surface area contributed by atoms with Crippen LogP contribution in [0.2, 0.25) is 0 Å². The summed E-state index contributed by atoms with van der Waals surface area (Å²) in [5.74, 6) is -1.95. The predicted molar refractivity (Wildman–Crippen MR) is 261 cm³/mol. The lowest BCUT2D eigenvalue weighted by molar-refractivity contribution is -0.286. The zero-order chi connectivity index (χ0) is 49.2. The number of carbonyl (C=O) groups is 1. The minimum atomic E-state index is -1.73. The molecule has 16 heteroatoms. The zero-order valence-corrected chi connectivity index (χ0v) is 42.3. The molecule has 5 aliphatic rings. The van der Waals surface area contributed by atoms with Crippen molar-refractivity contribution in [3.05, 3.63) is 107 Å². The Morgan fingerprint density at radius 3 is 2.57 bits per heavy atom. The topological polar surface area (TPSA) is 194 Å². The fourth-order valence-electron chi connectivity index (χ4n) is 10.4. The normalized spacial score (nSPS) is 36.1. The molecule has 5 aliphatic heterocycles. The van der Waals surface area contributed by atoms with Crippen molar-refractivity contribution in [3.63, 3.8) is 0 Å². The van der Waals surface area contributed by atoms with E-state index >= 15 is 0 Å². The number of hydrogen-bond donors (Lipinski definition) is 3. The lowest BCUT2D eigenvalue weighted by atomic mass is 9.79. The summed E-state index contributed by atoms with van der Waals surface area (Å²) in [6.07, 6.45) is 19.5. The van der Waals surface area contributed by atoms with Gasteiger partial charge in [-0.3, -0.25) is 0 Å². The van der Waals surface area contributed by atoms with Crippen molar-refractivity contribution in [1.29, 1.82) is 0 Å². The average Bonchev–Trinajstić information content (AvgIpc) is 3.96. The van der Waals surface area contributed by atoms with E-state index in [-0.39, 0.29) is 67.2 Å². The molecule has 7 rings (SSSR count). The van der Waals surface area contributed by atoms with Crippen molar-refractivity contribution >= 4 is 34.1 Å². The molecule has 4 saturated heterocycles. The van der Waals surface area contributed by atoms with Gasteiger partial charge in [0.25, 0.3) is 0 Å². The highest BCUT2D eigenvalue weighted by molar-refractivity contribution is 9.11. The van der Waals surface area contributed by atoms with Crippen LogP contribution >= 0.6 is 15.9 Å². The molecular formula is C53H71BrN2O13. The molecule has 15 nitrogen and oxygen atoms in total. The summed E-state index contributed by atoms with van der Waals surface area (Å²) < 4.78 is 55.2. The number of hydrogen-bond acceptors (Lipinski definition) is 15. The van der Waals surface area contributed by atoms with E-state index in [4.69, 9.17) is 52.0 Å². The molecule has 2 aromatic heterocycles. The summed E-state index contributed by atoms with van der Waals surface area (Å²) in [5, 5.41) is 33.9. The number of oxazole rings is 2. The Bertz CT molecular complexity index is 2210. The van der Waals surface area contributed by atoms with Crippen LogP contribution < -0.4 is 0 Å². The van der Waals surface area contributed by atoms with Crippen LogP contribution in [-0.4, -0.2) is 118 Å². The Morgan fingerprint density at radius 2 is 1.78 bits per heavy atom. The standard InChI is InChI=1S/C53H71BrN2O13/c1-31(16-17-38(61-6)12-10-18-54)21-44(58)47-26-42(62-7)27-53(60,69-47)28-49-55-36(29-63-49)22-33(3)51-35(5)52-34(4)45(67-51)13-9-14-48-56-43(30-64-48)46-24-37(57)23-41(66-46)25-40-20-32(2)19-39(65-40)11-8-15-50(59)68-52/h8-10,14-18,21-22,29-30,34-35,37-42,44-47,51-52,57-58,60H,2,11-13,19-20,23-28H2,1,3-7H3/b14-9-,15-8+,17-16+,18-10+,31-21+,33-22+/t34-,35+,37-,38-,39+,40-,41+,42-,44-,45?,46-,47-,51+,52?,53+/m1/s1. The van der Waals surface area contributed by atoms with Crippen LogP contribution in [0.4, 0.5) is 0 Å². The second kappa shape index (κ2) is 24.5. The van der Waals surface area contributed by atoms with Gasteiger partial charge < -0.3 is 57.3 Å². The van der Waals surface area contributed by atoms with Crippen LogP contribution in [0.15, 0.2) is 92.2 Å². The molecule has 0 radical (unpaired) electrons. The second-order valence-corrected chi connectivity index (χ2v) is 20.0. The maximum Gasteiger partial charge on any atom is 0.330 e. The number of rotatable bonds is 12. The summed E-state index contributed by atoms with van der Waals surface area (Å²) >= 11 is 3.28. The van der Waals surface area contributed by atoms with E-state index < -0.39 is 48.4 Å². The number of allylic oxidation sites excluding steroid dienone is 2. The first-order chi connectivity index (χ1) is 33.1. The lowest BCUT2D eigenvalue weighted by Crippen LogP contribution is -2.51. The van der Waals surface area contributed by atoms with Gasteiger partial charge in [0, 0.05) is 57.8 Å². The van der Waals surface area contributed by atoms with E-state index in [1.165, 1.54) is 12.3 Å². The van der Waals surface area contributed by atoms with E-state index in [1.807, 2.05) is 64.2 Å². The number of ether oxygens (including phenoxy) is 7. The highest BCUT2D eigenvalue weighted by Gasteiger charge is 2.45. The first kappa shape index (κ1) is 53.0. The van der Waals surface area contributed by atoms with Crippen molar-refractivity contribution in [1.82, 2.24) is 9.97 Å². The third-order valence-corrected chi connectivity index (χ3v) is 14.2. The molecule has 8 bridgehead atoms. The van der Waals surface area contributed by atoms with E-state index in [2.05, 4.69) is 22.5 Å². The maximum atomic E-state index is 13.6. The SMILES string of the molecule is C=C1C[C@@H]2C[C@@H]3C[C@@H](O)C[C@@H](O3)c3coc(n3)/C=C\CC3O[C@@H](/C(C)=C/c4coc(C[C@]5(O)C[C@H](OC)C[C@H]([C@H](O)/C=C(C)/C=C/[C@@H](C/C=C/Br)OC)O5)n4)[C@H](C)C(OC(=O)/C=C/C[C@@H](C1)O2)[C@@H]3C. The number of carbonyl (C=O) groups excluding carboxylic acids is 1. The summed E-state index contributed by atoms with van der Waals surface area (Å²) in [5.41, 5.74) is 3.86. The summed E-state index contributed by atoms with van der Waals surface area (Å²) in [6.45, 7) is 12.2. The van der Waals surface area contributed by atoms with Crippen LogP contribution in [0.5, 0.6) is 0 Å². The molecule has 0 aromatic carbocycles. The molecule has 69 heavy (non-hydrogen) atoms. The van der Waals surface area contributed by atoms with Crippen molar-refractivity contribution in [3.8, 4) is 0 Å². The number of aromatic nitrogens is 2. The number of aliphatic hydroxyl groups is 3. The summed E-state index contributed by atoms with van der Waals surface area (Å²) in [7, 11) is 3.22. The molecular weight excluding hydrogens is 952 g/mol. The molecule has 0 aliphatic carbocycles. The molecule has 378 valence electrons. The Morgan fingerprint density at radius 1 is 0.986 bits per heavy atom. The Labute approximate surface area is 414 Å². The smallest absolute Gasteiger partial charge is 0.330 e. The number of fused-ring (bicyclic) bond motifs is 9. The molecule has 7 heterocycles. The van der Waals surface area contributed by atoms with Gasteiger partial charge in [0.1, 0.15) is 36.1 Å². The summed E-state index contributed by atoms with van der Waals surface area (Å²) in [4.78, 5) is 24.8. The van der Waals surface area contributed by atoms with Gasteiger partial charge in [-0.1, -0.05) is 84.0 Å². The first-order valence-electron chi connectivity index (χ1n) is 24.3. The zero-order valence-electron chi connectivity index (χ0n) is 40.7. The van der Waals surface area contributed by atoms with Crippen molar-refractivity contribution in [2.24, 2.45) is 11.8 Å². The number of methoxy groups -OCH3 is 2. The predicted octanol–water partition coefficient (Wildman–Crippen LogP) is 8.76. The molecule has 15 atom stereocenters. The number of esters is 1. The van der Waals surface area contributed by atoms with E-state index in [1.54, 1.807) is 37.6 Å². The molecule has 2 unspecified atom stereocenters. The quantitative estimate of drug-likeness (QED) is 0.104. The van der Waals surface area contributed by atoms with Gasteiger partial charge in [-0.15, -0.1) is 0 Å². The molecule has 4 fully saturated rings. The molecule has 2 aromatic rings. The third kappa shape index (κ3) is 14.6. The number of aliphatic hydroxyl groups excluding tert-OH is 2. The lowest BCUT2D eigenvalue weighted by Gasteiger charge is -2.44. The van der Waals surface area contributed by atoms with Crippen LogP contribution in [0, 0.1) is 11.8 Å². The summed E-state index contributed by atoms with van der Waals surface area (Å²) in [6, 6.07) is 0. The van der Waals surface area contributed by atoms with Crippen LogP contribution in [0.25, 0.3) is 12.2 Å². The van der Waals surface area contributed by atoms with Gasteiger partial charge in [-0.05, 0) is 75.1 Å². The highest BCUT2D eigenvalue weighted by Crippen LogP contribution is 2.40. The Kier molecular flexibility index (Phi) is 18.9. The highest BCUT2D eigenvalue weighted by atomic mass is 79.9. The van der Waals surface area contributed by atoms with E-state index in [9.17, 15) is 20.1 Å². The van der Waals surface area contributed by atoms with Gasteiger partial charge >= 0.3 is 5.97 Å². The van der Waals surface area contributed by atoms with Gasteiger partial charge in [0.2, 0.25) is 5.89 Å². The van der Waals surface area contributed by atoms with Crippen molar-refractivity contribution in [2.45, 2.75) is 177 Å². The number of halogens is 1. The molecule has 0 amide bonds.